The van der Waals surface area contributed by atoms with Crippen LogP contribution in [0.4, 0.5) is 10.5 Å². The molecule has 4 amide bonds. The minimum atomic E-state index is -0.984. The Balaban J connectivity index is 2.04. The van der Waals surface area contributed by atoms with Gasteiger partial charge in [0.1, 0.15) is 12.1 Å². The fraction of sp³-hybridized carbons (Fsp3) is 0.308. The Morgan fingerprint density at radius 3 is 2.55 bits per heavy atom. The smallest absolute Gasteiger partial charge is 0.324 e. The van der Waals surface area contributed by atoms with E-state index in [1.165, 1.54) is 0 Å². The second-order valence-corrected chi connectivity index (χ2v) is 5.38. The van der Waals surface area contributed by atoms with E-state index in [4.69, 9.17) is 11.6 Å². The summed E-state index contributed by atoms with van der Waals surface area (Å²) in [6, 6.07) is 6.15. The molecule has 20 heavy (non-hydrogen) atoms. The lowest BCUT2D eigenvalue weighted by atomic mass is 10.1. The minimum absolute atomic E-state index is 0.348. The predicted octanol–water partition coefficient (Wildman–Crippen LogP) is 1.61. The van der Waals surface area contributed by atoms with Gasteiger partial charge in [0.2, 0.25) is 5.91 Å². The molecule has 0 spiro atoms. The van der Waals surface area contributed by atoms with E-state index in [1.807, 2.05) is 0 Å². The van der Waals surface area contributed by atoms with Gasteiger partial charge in [-0.05, 0) is 26.0 Å². The number of nitrogens with one attached hydrogen (secondary N) is 2. The van der Waals surface area contributed by atoms with Gasteiger partial charge in [0.15, 0.2) is 0 Å². The predicted molar refractivity (Wildman–Crippen MR) is 74.4 cm³/mol. The van der Waals surface area contributed by atoms with E-state index in [-0.39, 0.29) is 6.54 Å². The number of para-hydroxylation sites is 1. The molecule has 1 aliphatic rings. The maximum Gasteiger partial charge on any atom is 0.325 e. The van der Waals surface area contributed by atoms with Crippen molar-refractivity contribution in [2.24, 2.45) is 0 Å². The van der Waals surface area contributed by atoms with Gasteiger partial charge in [0.25, 0.3) is 5.91 Å². The molecule has 1 fully saturated rings. The minimum Gasteiger partial charge on any atom is -0.324 e. The summed E-state index contributed by atoms with van der Waals surface area (Å²) in [5.74, 6) is -0.920. The van der Waals surface area contributed by atoms with Crippen molar-refractivity contribution < 1.29 is 14.4 Å². The van der Waals surface area contributed by atoms with Crippen LogP contribution in [0.1, 0.15) is 13.8 Å². The van der Waals surface area contributed by atoms with Crippen LogP contribution in [0.25, 0.3) is 0 Å². The Bertz CT molecular complexity index is 586. The summed E-state index contributed by atoms with van der Waals surface area (Å²) in [5, 5.41) is 5.45. The Kier molecular flexibility index (Phi) is 3.67. The van der Waals surface area contributed by atoms with E-state index >= 15 is 0 Å². The van der Waals surface area contributed by atoms with Gasteiger partial charge in [0, 0.05) is 0 Å². The lowest BCUT2D eigenvalue weighted by Crippen LogP contribution is -2.41. The highest BCUT2D eigenvalue weighted by atomic mass is 35.5. The molecule has 0 saturated carbocycles. The zero-order chi connectivity index (χ0) is 14.9. The average molecular weight is 296 g/mol. The zero-order valence-electron chi connectivity index (χ0n) is 11.1. The standard InChI is InChI=1S/C13H14ClN3O3/c1-13(2)11(19)17(12(20)16-13)7-10(18)15-9-6-4-3-5-8(9)14/h3-6H,7H2,1-2H3,(H,15,18)(H,16,20). The molecule has 0 atom stereocenters. The Morgan fingerprint density at radius 2 is 2.00 bits per heavy atom. The van der Waals surface area contributed by atoms with Crippen LogP contribution in [0, 0.1) is 0 Å². The van der Waals surface area contributed by atoms with E-state index in [0.29, 0.717) is 10.7 Å². The highest BCUT2D eigenvalue weighted by Gasteiger charge is 2.44. The van der Waals surface area contributed by atoms with Crippen molar-refractivity contribution >= 4 is 35.1 Å². The third kappa shape index (κ3) is 2.75. The maximum atomic E-state index is 11.9. The Labute approximate surface area is 121 Å². The molecule has 0 radical (unpaired) electrons. The number of amides is 4. The van der Waals surface area contributed by atoms with E-state index < -0.39 is 23.4 Å². The van der Waals surface area contributed by atoms with Crippen molar-refractivity contribution in [2.45, 2.75) is 19.4 Å². The summed E-state index contributed by atoms with van der Waals surface area (Å²) in [6.45, 7) is 2.82. The van der Waals surface area contributed by atoms with Gasteiger partial charge in [-0.1, -0.05) is 23.7 Å². The van der Waals surface area contributed by atoms with Gasteiger partial charge in [-0.2, -0.15) is 0 Å². The third-order valence-corrected chi connectivity index (χ3v) is 3.22. The fourth-order valence-corrected chi connectivity index (χ4v) is 2.04. The van der Waals surface area contributed by atoms with Crippen LogP contribution in [0.5, 0.6) is 0 Å². The molecular weight excluding hydrogens is 282 g/mol. The van der Waals surface area contributed by atoms with Crippen LogP contribution in [0.15, 0.2) is 24.3 Å². The number of hydrogen-bond donors (Lipinski definition) is 2. The zero-order valence-corrected chi connectivity index (χ0v) is 11.8. The fourth-order valence-electron chi connectivity index (χ4n) is 1.86. The lowest BCUT2D eigenvalue weighted by molar-refractivity contribution is -0.132. The van der Waals surface area contributed by atoms with Gasteiger partial charge < -0.3 is 10.6 Å². The van der Waals surface area contributed by atoms with Gasteiger partial charge in [0.05, 0.1) is 10.7 Å². The number of imide groups is 1. The van der Waals surface area contributed by atoms with Crippen molar-refractivity contribution in [3.8, 4) is 0 Å². The number of urea groups is 1. The summed E-state index contributed by atoms with van der Waals surface area (Å²) in [7, 11) is 0. The molecule has 7 heteroatoms. The molecule has 1 aromatic carbocycles. The molecule has 0 bridgehead atoms. The molecule has 0 aliphatic carbocycles. The third-order valence-electron chi connectivity index (χ3n) is 2.89. The number of carbonyl (C=O) groups excluding carboxylic acids is 3. The SMILES string of the molecule is CC1(C)NC(=O)N(CC(=O)Nc2ccccc2Cl)C1=O. The number of anilines is 1. The first-order valence-corrected chi connectivity index (χ1v) is 6.37. The van der Waals surface area contributed by atoms with Crippen LogP contribution in [0.2, 0.25) is 5.02 Å². The number of benzene rings is 1. The number of rotatable bonds is 3. The summed E-state index contributed by atoms with van der Waals surface area (Å²) in [6.07, 6.45) is 0. The lowest BCUT2D eigenvalue weighted by Gasteiger charge is -2.15. The Morgan fingerprint density at radius 1 is 1.35 bits per heavy atom. The van der Waals surface area contributed by atoms with Crippen molar-refractivity contribution in [2.75, 3.05) is 11.9 Å². The van der Waals surface area contributed by atoms with Crippen LogP contribution in [0.3, 0.4) is 0 Å². The summed E-state index contributed by atoms with van der Waals surface area (Å²) < 4.78 is 0. The molecule has 1 saturated heterocycles. The summed E-state index contributed by atoms with van der Waals surface area (Å²) in [4.78, 5) is 36.3. The molecule has 0 aromatic heterocycles. The monoisotopic (exact) mass is 295 g/mol. The number of nitrogens with zero attached hydrogens (tertiary/aromatic N) is 1. The van der Waals surface area contributed by atoms with Crippen molar-refractivity contribution in [3.05, 3.63) is 29.3 Å². The maximum absolute atomic E-state index is 11.9. The highest BCUT2D eigenvalue weighted by Crippen LogP contribution is 2.21. The first-order chi connectivity index (χ1) is 9.31. The Hall–Kier alpha value is -2.08. The van der Waals surface area contributed by atoms with Crippen LogP contribution in [-0.2, 0) is 9.59 Å². The largest absolute Gasteiger partial charge is 0.325 e. The number of hydrogen-bond acceptors (Lipinski definition) is 3. The molecule has 2 N–H and O–H groups in total. The van der Waals surface area contributed by atoms with Crippen molar-refractivity contribution in [3.63, 3.8) is 0 Å². The molecule has 1 aromatic rings. The van der Waals surface area contributed by atoms with Gasteiger partial charge in [-0.25, -0.2) is 4.79 Å². The number of carbonyl (C=O) groups is 3. The molecule has 1 aliphatic heterocycles. The normalized spacial score (nSPS) is 17.1. The second-order valence-electron chi connectivity index (χ2n) is 4.97. The average Bonchev–Trinajstić information content (AvgIpc) is 2.55. The quantitative estimate of drug-likeness (QED) is 0.832. The molecule has 6 nitrogen and oxygen atoms in total. The van der Waals surface area contributed by atoms with E-state index in [9.17, 15) is 14.4 Å². The summed E-state index contributed by atoms with van der Waals surface area (Å²) >= 11 is 5.91. The highest BCUT2D eigenvalue weighted by molar-refractivity contribution is 6.33. The van der Waals surface area contributed by atoms with Crippen LogP contribution >= 0.6 is 11.6 Å². The molecule has 2 rings (SSSR count). The van der Waals surface area contributed by atoms with E-state index in [2.05, 4.69) is 10.6 Å². The molecule has 1 heterocycles. The van der Waals surface area contributed by atoms with Gasteiger partial charge >= 0.3 is 6.03 Å². The van der Waals surface area contributed by atoms with Gasteiger partial charge in [-0.3, -0.25) is 14.5 Å². The summed E-state index contributed by atoms with van der Waals surface area (Å²) in [5.41, 5.74) is -0.549. The van der Waals surface area contributed by atoms with Gasteiger partial charge in [-0.15, -0.1) is 0 Å². The first kappa shape index (κ1) is 14.3. The molecule has 0 unspecified atom stereocenters. The van der Waals surface area contributed by atoms with E-state index in [0.717, 1.165) is 4.90 Å². The van der Waals surface area contributed by atoms with Crippen LogP contribution in [-0.4, -0.2) is 34.8 Å². The molecule has 106 valence electrons. The molecular formula is C13H14ClN3O3. The van der Waals surface area contributed by atoms with E-state index in [1.54, 1.807) is 38.1 Å². The second kappa shape index (κ2) is 5.13. The topological polar surface area (TPSA) is 78.5 Å². The van der Waals surface area contributed by atoms with Crippen molar-refractivity contribution in [1.82, 2.24) is 10.2 Å². The number of halogens is 1. The van der Waals surface area contributed by atoms with Crippen molar-refractivity contribution in [1.29, 1.82) is 0 Å². The van der Waals surface area contributed by atoms with Crippen LogP contribution < -0.4 is 10.6 Å². The first-order valence-electron chi connectivity index (χ1n) is 6.00.